The standard InChI is InChI=1S/C15H8F6O.C10H13.C3H3F3O.Sb/c16-14(17,18)13(22,15(19,20)21)12-9-5-4-8-11(12)10-6-2-1-3-7-10;1-10(2,3)9-7-5-4-6-8-9;1-2(7)3(4,5)6;/h1-8H;5-8H,1-3H3;2H,1H2;/q-1;;-1;+2. The predicted molar refractivity (Wildman–Crippen MR) is 133 cm³/mol. The summed E-state index contributed by atoms with van der Waals surface area (Å²) in [5, 5.41) is 0. The van der Waals surface area contributed by atoms with E-state index in [4.69, 9.17) is 6.03 Å². The summed E-state index contributed by atoms with van der Waals surface area (Å²) in [6, 6.07) is 15.9. The Morgan fingerprint density at radius 1 is 0.725 bits per heavy atom. The molecule has 0 N–H and O–H groups in total. The zero-order valence-electron chi connectivity index (χ0n) is 21.4. The summed E-state index contributed by atoms with van der Waals surface area (Å²) < 4.78 is 140. The number of halogens is 9. The van der Waals surface area contributed by atoms with Crippen LogP contribution in [0.1, 0.15) is 31.9 Å². The van der Waals surface area contributed by atoms with Gasteiger partial charge in [0.05, 0.1) is 0 Å². The zero-order chi connectivity index (χ0) is 29.6. The number of benzene rings is 3. The second-order valence-electron chi connectivity index (χ2n) is 11.1. The molecule has 12 heteroatoms. The summed E-state index contributed by atoms with van der Waals surface area (Å²) in [5.41, 5.74) is -6.37. The van der Waals surface area contributed by atoms with Crippen LogP contribution in [0.5, 0.6) is 0 Å². The first-order chi connectivity index (χ1) is 18.3. The predicted octanol–water partition coefficient (Wildman–Crippen LogP) is 7.47. The molecule has 1 spiro atoms. The van der Waals surface area contributed by atoms with Crippen LogP contribution in [-0.2, 0) is 17.0 Å². The average molecular weight is 685 g/mol. The second-order valence-corrected chi connectivity index (χ2v) is 22.5. The van der Waals surface area contributed by atoms with Crippen molar-refractivity contribution in [3.8, 4) is 11.1 Å². The third-order valence-corrected chi connectivity index (χ3v) is 22.0. The Balaban J connectivity index is 1.92. The van der Waals surface area contributed by atoms with Gasteiger partial charge in [-0.1, -0.05) is 0 Å². The third kappa shape index (κ3) is 3.94. The van der Waals surface area contributed by atoms with E-state index < -0.39 is 72.9 Å². The van der Waals surface area contributed by atoms with Crippen molar-refractivity contribution in [1.29, 1.82) is 0 Å². The van der Waals surface area contributed by atoms with Crippen LogP contribution in [0.2, 0.25) is 4.37 Å². The van der Waals surface area contributed by atoms with Crippen molar-refractivity contribution >= 4 is 25.3 Å². The number of hydrogen-bond acceptors (Lipinski definition) is 2. The van der Waals surface area contributed by atoms with Crippen molar-refractivity contribution in [3.63, 3.8) is 0 Å². The van der Waals surface area contributed by atoms with Crippen LogP contribution < -0.4 is 7.02 Å². The maximum atomic E-state index is 14.9. The molecule has 0 aromatic heterocycles. The molecule has 2 nitrogen and oxygen atoms in total. The molecule has 0 radical (unpaired) electrons. The fourth-order valence-electron chi connectivity index (χ4n) is 5.64. The first kappa shape index (κ1) is 29.3. The molecule has 2 heterocycles. The molecule has 2 aliphatic rings. The molecule has 0 bridgehead atoms. The van der Waals surface area contributed by atoms with E-state index >= 15 is 0 Å². The van der Waals surface area contributed by atoms with Gasteiger partial charge in [0.25, 0.3) is 0 Å². The number of alkyl halides is 9. The molecule has 0 amide bonds. The number of hydrogen-bond donors (Lipinski definition) is 0. The van der Waals surface area contributed by atoms with E-state index in [0.717, 1.165) is 12.1 Å². The number of fused-ring (bicyclic) bond motifs is 2. The van der Waals surface area contributed by atoms with Gasteiger partial charge in [-0.05, 0) is 0 Å². The van der Waals surface area contributed by atoms with Gasteiger partial charge < -0.3 is 0 Å². The SMILES string of the molecule is CC(C)(C)c1cc[c]([Sb]23([CH2]C(C(F)(F)F)[O]2)[O]C(C(F)(F)F)(C(F)(F)F)c2c(-c4ccccc4)ccc[c]23)cc1. The van der Waals surface area contributed by atoms with Gasteiger partial charge in [-0.15, -0.1) is 0 Å². The van der Waals surface area contributed by atoms with Gasteiger partial charge in [0.1, 0.15) is 0 Å². The van der Waals surface area contributed by atoms with Gasteiger partial charge >= 0.3 is 227 Å². The van der Waals surface area contributed by atoms with Crippen molar-refractivity contribution < 1.29 is 45.5 Å². The summed E-state index contributed by atoms with van der Waals surface area (Å²) >= 11 is -6.83. The van der Waals surface area contributed by atoms with Gasteiger partial charge in [-0.25, -0.2) is 0 Å². The first-order valence-electron chi connectivity index (χ1n) is 12.2. The molecule has 5 rings (SSSR count). The molecular formula is C28H24F9O2Sb. The van der Waals surface area contributed by atoms with Gasteiger partial charge in [0.15, 0.2) is 0 Å². The summed E-state index contributed by atoms with van der Waals surface area (Å²) in [6.07, 6.45) is -19.8. The Morgan fingerprint density at radius 2 is 1.27 bits per heavy atom. The van der Waals surface area contributed by atoms with Crippen LogP contribution in [0, 0.1) is 0 Å². The molecule has 0 saturated carbocycles. The summed E-state index contributed by atoms with van der Waals surface area (Å²) in [7, 11) is 0. The molecule has 1 saturated heterocycles. The Bertz CT molecular complexity index is 1420. The Morgan fingerprint density at radius 3 is 1.75 bits per heavy atom. The van der Waals surface area contributed by atoms with Crippen molar-refractivity contribution in [2.75, 3.05) is 0 Å². The topological polar surface area (TPSA) is 18.5 Å². The quantitative estimate of drug-likeness (QED) is 0.206. The van der Waals surface area contributed by atoms with Crippen molar-refractivity contribution in [1.82, 2.24) is 0 Å². The fourth-order valence-corrected chi connectivity index (χ4v) is 21.2. The zero-order valence-corrected chi connectivity index (χ0v) is 23.9. The number of rotatable bonds is 2. The molecule has 1 fully saturated rings. The molecule has 40 heavy (non-hydrogen) atoms. The van der Waals surface area contributed by atoms with Crippen LogP contribution in [0.15, 0.2) is 72.8 Å². The minimum absolute atomic E-state index is 0.0210. The molecule has 3 aromatic carbocycles. The molecule has 1 unspecified atom stereocenters. The molecule has 3 aromatic rings. The Hall–Kier alpha value is -2.23. The summed E-state index contributed by atoms with van der Waals surface area (Å²) in [4.78, 5) is 0. The van der Waals surface area contributed by atoms with Crippen LogP contribution in [0.25, 0.3) is 11.1 Å². The van der Waals surface area contributed by atoms with Gasteiger partial charge in [0, 0.05) is 0 Å². The third-order valence-electron chi connectivity index (χ3n) is 7.56. The van der Waals surface area contributed by atoms with Gasteiger partial charge in [0.2, 0.25) is 0 Å². The van der Waals surface area contributed by atoms with Crippen LogP contribution in [0.4, 0.5) is 39.5 Å². The molecule has 0 aliphatic carbocycles. The second kappa shape index (κ2) is 8.64. The van der Waals surface area contributed by atoms with E-state index in [1.54, 1.807) is 0 Å². The molecular weight excluding hydrogens is 661 g/mol. The molecule has 1 atom stereocenters. The molecule has 2 aliphatic heterocycles. The molecule has 216 valence electrons. The van der Waals surface area contributed by atoms with Crippen LogP contribution in [0.3, 0.4) is 0 Å². The summed E-state index contributed by atoms with van der Waals surface area (Å²) in [6.45, 7) is 5.51. The average Bonchev–Trinajstić information content (AvgIpc) is 3.14. The van der Waals surface area contributed by atoms with Gasteiger partial charge in [-0.2, -0.15) is 0 Å². The minimum atomic E-state index is -6.83. The van der Waals surface area contributed by atoms with Gasteiger partial charge in [-0.3, -0.25) is 0 Å². The van der Waals surface area contributed by atoms with E-state index in [9.17, 15) is 39.5 Å². The Kier molecular flexibility index (Phi) is 6.32. The van der Waals surface area contributed by atoms with Crippen LogP contribution >= 0.6 is 0 Å². The van der Waals surface area contributed by atoms with E-state index in [1.807, 2.05) is 20.8 Å². The fraction of sp³-hybridized carbons (Fsp3) is 0.357. The monoisotopic (exact) mass is 684 g/mol. The van der Waals surface area contributed by atoms with E-state index in [2.05, 4.69) is 0 Å². The van der Waals surface area contributed by atoms with Crippen molar-refractivity contribution in [2.24, 2.45) is 0 Å². The Labute approximate surface area is 226 Å². The van der Waals surface area contributed by atoms with Crippen LogP contribution in [-0.4, -0.2) is 42.9 Å². The van der Waals surface area contributed by atoms with E-state index in [-0.39, 0.29) is 9.07 Å². The first-order valence-corrected chi connectivity index (χ1v) is 18.6. The van der Waals surface area contributed by atoms with E-state index in [0.29, 0.717) is 5.56 Å². The van der Waals surface area contributed by atoms with Crippen molar-refractivity contribution in [2.45, 2.75) is 60.8 Å². The van der Waals surface area contributed by atoms with Crippen molar-refractivity contribution in [3.05, 3.63) is 83.9 Å². The van der Waals surface area contributed by atoms with E-state index in [1.165, 1.54) is 60.7 Å². The normalized spacial score (nSPS) is 22.7. The maximum absolute atomic E-state index is 14.9. The summed E-state index contributed by atoms with van der Waals surface area (Å²) in [5.74, 6) is 0.